The Bertz CT molecular complexity index is 779. The van der Waals surface area contributed by atoms with Gasteiger partial charge >= 0.3 is 0 Å². The van der Waals surface area contributed by atoms with Crippen LogP contribution in [-0.2, 0) is 4.79 Å². The summed E-state index contributed by atoms with van der Waals surface area (Å²) in [7, 11) is 0. The van der Waals surface area contributed by atoms with Crippen LogP contribution in [0.4, 0.5) is 0 Å². The van der Waals surface area contributed by atoms with E-state index in [0.29, 0.717) is 30.8 Å². The summed E-state index contributed by atoms with van der Waals surface area (Å²) >= 11 is 1.36. The summed E-state index contributed by atoms with van der Waals surface area (Å²) < 4.78 is 0. The molecule has 2 aromatic rings. The lowest BCUT2D eigenvalue weighted by atomic mass is 10.3. The van der Waals surface area contributed by atoms with Crippen LogP contribution in [0.25, 0.3) is 10.7 Å². The van der Waals surface area contributed by atoms with Crippen molar-refractivity contribution in [2.24, 2.45) is 0 Å². The standard InChI is InChI=1S/C16H18N4O4S/c21-11-5-1-7-20(11)8-3-6-17-15(23)12-13(22)16(24)19-14(18-12)10-4-2-9-25-10/h2,4,9,22H,1,3,5-8H2,(H,17,23)(H,18,19,24). The largest absolute Gasteiger partial charge is 0.501 e. The van der Waals surface area contributed by atoms with E-state index >= 15 is 0 Å². The number of carbonyl (C=O) groups is 2. The number of amides is 2. The highest BCUT2D eigenvalue weighted by Crippen LogP contribution is 2.30. The van der Waals surface area contributed by atoms with E-state index in [2.05, 4.69) is 15.3 Å². The van der Waals surface area contributed by atoms with E-state index in [-0.39, 0.29) is 17.4 Å². The molecule has 2 aromatic heterocycles. The van der Waals surface area contributed by atoms with Gasteiger partial charge in [-0.2, -0.15) is 4.98 Å². The molecule has 0 radical (unpaired) electrons. The van der Waals surface area contributed by atoms with Gasteiger partial charge in [0.1, 0.15) is 0 Å². The van der Waals surface area contributed by atoms with Crippen molar-refractivity contribution in [1.82, 2.24) is 20.2 Å². The summed E-state index contributed by atoms with van der Waals surface area (Å²) in [6.07, 6.45) is 2.07. The first-order valence-corrected chi connectivity index (χ1v) is 8.84. The first-order valence-electron chi connectivity index (χ1n) is 7.96. The summed E-state index contributed by atoms with van der Waals surface area (Å²) in [6, 6.07) is 3.55. The zero-order valence-corrected chi connectivity index (χ0v) is 14.3. The second kappa shape index (κ2) is 7.47. The molecular formula is C16H18N4O4S. The average molecular weight is 362 g/mol. The normalized spacial score (nSPS) is 14.1. The Morgan fingerprint density at radius 2 is 2.20 bits per heavy atom. The molecule has 0 aromatic carbocycles. The van der Waals surface area contributed by atoms with Gasteiger partial charge in [0.25, 0.3) is 11.8 Å². The maximum Gasteiger partial charge on any atom is 0.274 e. The van der Waals surface area contributed by atoms with Gasteiger partial charge in [0, 0.05) is 26.1 Å². The molecule has 0 bridgehead atoms. The van der Waals surface area contributed by atoms with Crippen molar-refractivity contribution in [1.29, 1.82) is 0 Å². The third-order valence-electron chi connectivity index (χ3n) is 3.88. The van der Waals surface area contributed by atoms with Gasteiger partial charge in [-0.3, -0.25) is 9.59 Å². The SMILES string of the molecule is O=C(NCCCN1CCCC1=O)c1nc(-c2cccs2)nc(O)c1O. The number of hydrogen-bond donors (Lipinski definition) is 3. The number of likely N-dealkylation sites (tertiary alicyclic amines) is 1. The molecule has 1 fully saturated rings. The Hall–Kier alpha value is -2.68. The number of thiophene rings is 1. The van der Waals surface area contributed by atoms with Crippen LogP contribution in [0.15, 0.2) is 17.5 Å². The molecule has 0 aliphatic carbocycles. The van der Waals surface area contributed by atoms with Crippen LogP contribution in [0, 0.1) is 0 Å². The number of nitrogens with zero attached hydrogens (tertiary/aromatic N) is 3. The van der Waals surface area contributed by atoms with E-state index in [1.54, 1.807) is 17.0 Å². The van der Waals surface area contributed by atoms with Gasteiger partial charge in [-0.15, -0.1) is 11.3 Å². The smallest absolute Gasteiger partial charge is 0.274 e. The third kappa shape index (κ3) is 3.87. The number of rotatable bonds is 6. The van der Waals surface area contributed by atoms with Crippen LogP contribution in [0.5, 0.6) is 11.6 Å². The summed E-state index contributed by atoms with van der Waals surface area (Å²) in [5.41, 5.74) is -0.270. The van der Waals surface area contributed by atoms with E-state index in [1.807, 2.05) is 5.38 Å². The van der Waals surface area contributed by atoms with Gasteiger partial charge in [-0.05, 0) is 24.3 Å². The molecule has 3 rings (SSSR count). The molecular weight excluding hydrogens is 344 g/mol. The second-order valence-electron chi connectivity index (χ2n) is 5.64. The fourth-order valence-corrected chi connectivity index (χ4v) is 3.27. The lowest BCUT2D eigenvalue weighted by molar-refractivity contribution is -0.127. The number of carbonyl (C=O) groups excluding carboxylic acids is 2. The number of hydrogen-bond acceptors (Lipinski definition) is 7. The quantitative estimate of drug-likeness (QED) is 0.668. The summed E-state index contributed by atoms with van der Waals surface area (Å²) in [6.45, 7) is 1.68. The molecule has 132 valence electrons. The first kappa shape index (κ1) is 17.2. The molecule has 3 heterocycles. The lowest BCUT2D eigenvalue weighted by Gasteiger charge is -2.15. The van der Waals surface area contributed by atoms with Gasteiger partial charge in [0.2, 0.25) is 11.7 Å². The lowest BCUT2D eigenvalue weighted by Crippen LogP contribution is -2.31. The molecule has 2 amide bonds. The molecule has 3 N–H and O–H groups in total. The van der Waals surface area contributed by atoms with Gasteiger partial charge in [0.15, 0.2) is 11.5 Å². The first-order chi connectivity index (χ1) is 12.1. The average Bonchev–Trinajstić information content (AvgIpc) is 3.26. The predicted molar refractivity (Wildman–Crippen MR) is 91.4 cm³/mol. The fourth-order valence-electron chi connectivity index (χ4n) is 2.61. The van der Waals surface area contributed by atoms with Gasteiger partial charge in [-0.1, -0.05) is 6.07 Å². The van der Waals surface area contributed by atoms with Crippen LogP contribution in [0.3, 0.4) is 0 Å². The highest BCUT2D eigenvalue weighted by Gasteiger charge is 2.21. The zero-order valence-electron chi connectivity index (χ0n) is 13.4. The fraction of sp³-hybridized carbons (Fsp3) is 0.375. The summed E-state index contributed by atoms with van der Waals surface area (Å²) in [5, 5.41) is 24.1. The van der Waals surface area contributed by atoms with E-state index in [9.17, 15) is 19.8 Å². The Morgan fingerprint density at radius 3 is 2.88 bits per heavy atom. The minimum atomic E-state index is -0.646. The topological polar surface area (TPSA) is 116 Å². The molecule has 9 heteroatoms. The molecule has 0 spiro atoms. The molecule has 1 aliphatic heterocycles. The van der Waals surface area contributed by atoms with Crippen LogP contribution in [0.1, 0.15) is 29.8 Å². The minimum absolute atomic E-state index is 0.144. The molecule has 0 atom stereocenters. The molecule has 25 heavy (non-hydrogen) atoms. The van der Waals surface area contributed by atoms with Gasteiger partial charge in [-0.25, -0.2) is 4.98 Å². The van der Waals surface area contributed by atoms with Gasteiger partial charge < -0.3 is 20.4 Å². The molecule has 1 aliphatic rings. The number of nitrogens with one attached hydrogen (secondary N) is 1. The summed E-state index contributed by atoms with van der Waals surface area (Å²) in [4.78, 5) is 34.1. The van der Waals surface area contributed by atoms with Crippen molar-refractivity contribution in [2.75, 3.05) is 19.6 Å². The Balaban J connectivity index is 1.62. The Labute approximate surface area is 148 Å². The Morgan fingerprint density at radius 1 is 1.36 bits per heavy atom. The van der Waals surface area contributed by atoms with E-state index < -0.39 is 17.5 Å². The monoisotopic (exact) mass is 362 g/mol. The minimum Gasteiger partial charge on any atom is -0.501 e. The third-order valence-corrected chi connectivity index (χ3v) is 4.75. The molecule has 0 unspecified atom stereocenters. The van der Waals surface area contributed by atoms with Crippen molar-refractivity contribution in [3.63, 3.8) is 0 Å². The zero-order chi connectivity index (χ0) is 17.8. The molecule has 0 saturated carbocycles. The summed E-state index contributed by atoms with van der Waals surface area (Å²) in [5.74, 6) is -1.55. The van der Waals surface area contributed by atoms with Crippen molar-refractivity contribution < 1.29 is 19.8 Å². The van der Waals surface area contributed by atoms with Crippen molar-refractivity contribution in [2.45, 2.75) is 19.3 Å². The van der Waals surface area contributed by atoms with Crippen LogP contribution in [-0.4, -0.2) is 56.5 Å². The van der Waals surface area contributed by atoms with Crippen molar-refractivity contribution in [3.8, 4) is 22.3 Å². The molecule has 8 nitrogen and oxygen atoms in total. The van der Waals surface area contributed by atoms with Gasteiger partial charge in [0.05, 0.1) is 4.88 Å². The maximum atomic E-state index is 12.3. The van der Waals surface area contributed by atoms with Crippen molar-refractivity contribution in [3.05, 3.63) is 23.2 Å². The van der Waals surface area contributed by atoms with Crippen molar-refractivity contribution >= 4 is 23.2 Å². The highest BCUT2D eigenvalue weighted by molar-refractivity contribution is 7.13. The second-order valence-corrected chi connectivity index (χ2v) is 6.59. The van der Waals surface area contributed by atoms with E-state index in [4.69, 9.17) is 0 Å². The van der Waals surface area contributed by atoms with E-state index in [1.165, 1.54) is 11.3 Å². The highest BCUT2D eigenvalue weighted by atomic mass is 32.1. The van der Waals surface area contributed by atoms with Crippen LogP contribution in [0.2, 0.25) is 0 Å². The Kier molecular flexibility index (Phi) is 5.13. The predicted octanol–water partition coefficient (Wildman–Crippen LogP) is 1.36. The maximum absolute atomic E-state index is 12.3. The number of aromatic nitrogens is 2. The van der Waals surface area contributed by atoms with Crippen LogP contribution >= 0.6 is 11.3 Å². The molecule has 1 saturated heterocycles. The van der Waals surface area contributed by atoms with Crippen LogP contribution < -0.4 is 5.32 Å². The van der Waals surface area contributed by atoms with E-state index in [0.717, 1.165) is 13.0 Å². The number of aromatic hydroxyl groups is 2.